The molecule has 0 bridgehead atoms. The zero-order chi connectivity index (χ0) is 14.7. The van der Waals surface area contributed by atoms with Gasteiger partial charge in [-0.05, 0) is 30.7 Å². The van der Waals surface area contributed by atoms with Crippen molar-refractivity contribution in [1.82, 2.24) is 0 Å². The van der Waals surface area contributed by atoms with Crippen molar-refractivity contribution in [2.75, 3.05) is 0 Å². The highest BCUT2D eigenvalue weighted by atomic mass is 16.6. The molecule has 2 aromatic rings. The van der Waals surface area contributed by atoms with Crippen molar-refractivity contribution < 1.29 is 14.8 Å². The summed E-state index contributed by atoms with van der Waals surface area (Å²) in [5.41, 5.74) is 0.668. The van der Waals surface area contributed by atoms with E-state index in [1.54, 1.807) is 19.1 Å². The van der Waals surface area contributed by atoms with Crippen LogP contribution in [0.5, 0.6) is 17.2 Å². The van der Waals surface area contributed by atoms with Gasteiger partial charge in [0.2, 0.25) is 0 Å². The maximum Gasteiger partial charge on any atom is 0.271 e. The van der Waals surface area contributed by atoms with Crippen LogP contribution in [0.3, 0.4) is 0 Å². The van der Waals surface area contributed by atoms with E-state index in [2.05, 4.69) is 0 Å². The number of aromatic hydroxyl groups is 1. The lowest BCUT2D eigenvalue weighted by molar-refractivity contribution is -0.384. The van der Waals surface area contributed by atoms with E-state index in [1.807, 2.05) is 6.07 Å². The first-order valence-corrected chi connectivity index (χ1v) is 5.66. The Balaban J connectivity index is 2.38. The van der Waals surface area contributed by atoms with Gasteiger partial charge in [-0.15, -0.1) is 0 Å². The van der Waals surface area contributed by atoms with Crippen LogP contribution >= 0.6 is 0 Å². The molecule has 0 saturated heterocycles. The Hall–Kier alpha value is -3.07. The normalized spacial score (nSPS) is 9.80. The van der Waals surface area contributed by atoms with Crippen LogP contribution in [0.15, 0.2) is 36.4 Å². The quantitative estimate of drug-likeness (QED) is 0.681. The number of phenols is 1. The summed E-state index contributed by atoms with van der Waals surface area (Å²) in [6, 6.07) is 10.2. The second kappa shape index (κ2) is 5.28. The standard InChI is InChI=1S/C14H10N2O4/c1-9-4-12(17)7-13(5-9)20-14-3-2-11(16(18)19)6-10(14)8-15/h2-7,17H,1H3. The van der Waals surface area contributed by atoms with Crippen molar-refractivity contribution in [2.45, 2.75) is 6.92 Å². The van der Waals surface area contributed by atoms with Gasteiger partial charge in [-0.2, -0.15) is 5.26 Å². The largest absolute Gasteiger partial charge is 0.508 e. The maximum absolute atomic E-state index is 10.7. The molecule has 6 heteroatoms. The van der Waals surface area contributed by atoms with Crippen LogP contribution in [-0.4, -0.2) is 10.0 Å². The van der Waals surface area contributed by atoms with Gasteiger partial charge >= 0.3 is 0 Å². The highest BCUT2D eigenvalue weighted by Gasteiger charge is 2.12. The molecule has 0 fully saturated rings. The molecule has 0 heterocycles. The van der Waals surface area contributed by atoms with Gasteiger partial charge < -0.3 is 9.84 Å². The summed E-state index contributed by atoms with van der Waals surface area (Å²) in [6.45, 7) is 1.79. The molecule has 2 rings (SSSR count). The van der Waals surface area contributed by atoms with Crippen molar-refractivity contribution in [2.24, 2.45) is 0 Å². The van der Waals surface area contributed by atoms with Crippen LogP contribution in [0.4, 0.5) is 5.69 Å². The molecule has 0 unspecified atom stereocenters. The fraction of sp³-hybridized carbons (Fsp3) is 0.0714. The summed E-state index contributed by atoms with van der Waals surface area (Å²) in [5.74, 6) is 0.594. The molecule has 0 amide bonds. The molecule has 0 saturated carbocycles. The number of nitro benzene ring substituents is 1. The monoisotopic (exact) mass is 270 g/mol. The second-order valence-electron chi connectivity index (χ2n) is 4.16. The molecular weight excluding hydrogens is 260 g/mol. The summed E-state index contributed by atoms with van der Waals surface area (Å²) >= 11 is 0. The summed E-state index contributed by atoms with van der Waals surface area (Å²) in [4.78, 5) is 10.1. The number of ether oxygens (including phenoxy) is 1. The van der Waals surface area contributed by atoms with Gasteiger partial charge in [-0.25, -0.2) is 0 Å². The van der Waals surface area contributed by atoms with E-state index in [0.717, 1.165) is 11.6 Å². The average molecular weight is 270 g/mol. The van der Waals surface area contributed by atoms with Gasteiger partial charge in [0, 0.05) is 18.2 Å². The van der Waals surface area contributed by atoms with Crippen LogP contribution in [0.1, 0.15) is 11.1 Å². The van der Waals surface area contributed by atoms with Crippen LogP contribution < -0.4 is 4.74 Å². The minimum absolute atomic E-state index is 0.0421. The lowest BCUT2D eigenvalue weighted by Gasteiger charge is -2.08. The Morgan fingerprint density at radius 1 is 1.30 bits per heavy atom. The van der Waals surface area contributed by atoms with Gasteiger partial charge in [0.05, 0.1) is 4.92 Å². The average Bonchev–Trinajstić information content (AvgIpc) is 2.37. The van der Waals surface area contributed by atoms with E-state index in [1.165, 1.54) is 18.2 Å². The van der Waals surface area contributed by atoms with Crippen LogP contribution in [-0.2, 0) is 0 Å². The number of benzene rings is 2. The minimum atomic E-state index is -0.580. The minimum Gasteiger partial charge on any atom is -0.508 e. The maximum atomic E-state index is 10.7. The molecule has 0 spiro atoms. The summed E-state index contributed by atoms with van der Waals surface area (Å²) in [6.07, 6.45) is 0. The third-order valence-corrected chi connectivity index (χ3v) is 2.56. The van der Waals surface area contributed by atoms with Gasteiger partial charge in [0.25, 0.3) is 5.69 Å². The first-order chi connectivity index (χ1) is 9.49. The van der Waals surface area contributed by atoms with Crippen molar-refractivity contribution in [3.05, 3.63) is 57.6 Å². The van der Waals surface area contributed by atoms with Crippen molar-refractivity contribution in [3.8, 4) is 23.3 Å². The van der Waals surface area contributed by atoms with Gasteiger partial charge in [0.15, 0.2) is 0 Å². The van der Waals surface area contributed by atoms with Gasteiger partial charge in [0.1, 0.15) is 28.9 Å². The number of nitrogens with zero attached hydrogens (tertiary/aromatic N) is 2. The molecule has 0 radical (unpaired) electrons. The summed E-state index contributed by atoms with van der Waals surface area (Å²) in [7, 11) is 0. The first kappa shape index (κ1) is 13.4. The van der Waals surface area contributed by atoms with Crippen molar-refractivity contribution in [1.29, 1.82) is 5.26 Å². The summed E-state index contributed by atoms with van der Waals surface area (Å²) < 4.78 is 5.49. The van der Waals surface area contributed by atoms with Crippen LogP contribution in [0, 0.1) is 28.4 Å². The number of rotatable bonds is 3. The fourth-order valence-corrected chi connectivity index (χ4v) is 1.72. The molecular formula is C14H10N2O4. The molecule has 0 aromatic heterocycles. The molecule has 6 nitrogen and oxygen atoms in total. The third kappa shape index (κ3) is 2.84. The third-order valence-electron chi connectivity index (χ3n) is 2.56. The highest BCUT2D eigenvalue weighted by Crippen LogP contribution is 2.30. The predicted octanol–water partition coefficient (Wildman–Crippen LogP) is 3.27. The van der Waals surface area contributed by atoms with E-state index in [9.17, 15) is 15.2 Å². The van der Waals surface area contributed by atoms with E-state index in [-0.39, 0.29) is 22.7 Å². The number of hydrogen-bond donors (Lipinski definition) is 1. The van der Waals surface area contributed by atoms with Gasteiger partial charge in [-0.3, -0.25) is 10.1 Å². The zero-order valence-corrected chi connectivity index (χ0v) is 10.5. The van der Waals surface area contributed by atoms with Crippen molar-refractivity contribution >= 4 is 5.69 Å². The second-order valence-corrected chi connectivity index (χ2v) is 4.16. The molecule has 0 aliphatic heterocycles. The van der Waals surface area contributed by atoms with Crippen molar-refractivity contribution in [3.63, 3.8) is 0 Å². The van der Waals surface area contributed by atoms with E-state index in [0.29, 0.717) is 5.75 Å². The first-order valence-electron chi connectivity index (χ1n) is 5.66. The van der Waals surface area contributed by atoms with E-state index < -0.39 is 4.92 Å². The number of nitro groups is 1. The SMILES string of the molecule is Cc1cc(O)cc(Oc2ccc([N+](=O)[O-])cc2C#N)c1. The number of non-ortho nitro benzene ring substituents is 1. The van der Waals surface area contributed by atoms with Gasteiger partial charge in [-0.1, -0.05) is 0 Å². The Morgan fingerprint density at radius 3 is 2.65 bits per heavy atom. The van der Waals surface area contributed by atoms with Crippen LogP contribution in [0.2, 0.25) is 0 Å². The molecule has 20 heavy (non-hydrogen) atoms. The Kier molecular flexibility index (Phi) is 3.53. The zero-order valence-electron chi connectivity index (χ0n) is 10.5. The Morgan fingerprint density at radius 2 is 2.05 bits per heavy atom. The molecule has 0 aliphatic carbocycles. The molecule has 1 N–H and O–H groups in total. The predicted molar refractivity (Wildman–Crippen MR) is 70.7 cm³/mol. The number of hydrogen-bond acceptors (Lipinski definition) is 5. The van der Waals surface area contributed by atoms with E-state index >= 15 is 0 Å². The highest BCUT2D eigenvalue weighted by molar-refractivity contribution is 5.52. The summed E-state index contributed by atoms with van der Waals surface area (Å²) in [5, 5.41) is 29.1. The topological polar surface area (TPSA) is 96.4 Å². The molecule has 0 atom stereocenters. The smallest absolute Gasteiger partial charge is 0.271 e. The fourth-order valence-electron chi connectivity index (χ4n) is 1.72. The molecule has 100 valence electrons. The lowest BCUT2D eigenvalue weighted by Crippen LogP contribution is -1.92. The Labute approximate surface area is 114 Å². The number of nitriles is 1. The Bertz CT molecular complexity index is 699. The number of aryl methyl sites for hydroxylation is 1. The lowest BCUT2D eigenvalue weighted by atomic mass is 10.2. The van der Waals surface area contributed by atoms with E-state index in [4.69, 9.17) is 10.00 Å². The molecule has 2 aromatic carbocycles. The van der Waals surface area contributed by atoms with Crippen LogP contribution in [0.25, 0.3) is 0 Å². The number of phenolic OH excluding ortho intramolecular Hbond substituents is 1. The molecule has 0 aliphatic rings.